The van der Waals surface area contributed by atoms with Crippen LogP contribution in [0.1, 0.15) is 43.5 Å². The highest BCUT2D eigenvalue weighted by Gasteiger charge is 2.21. The third-order valence-electron chi connectivity index (χ3n) is 3.17. The van der Waals surface area contributed by atoms with Crippen LogP contribution >= 0.6 is 11.5 Å². The zero-order chi connectivity index (χ0) is 15.2. The third-order valence-corrected chi connectivity index (χ3v) is 3.99. The fourth-order valence-corrected chi connectivity index (χ4v) is 2.62. The van der Waals surface area contributed by atoms with Gasteiger partial charge in [-0.25, -0.2) is 0 Å². The Labute approximate surface area is 129 Å². The number of amides is 1. The van der Waals surface area contributed by atoms with E-state index in [0.717, 1.165) is 37.1 Å². The number of carbonyl (C=O) groups excluding carboxylic acids is 1. The molecule has 118 valence electrons. The lowest BCUT2D eigenvalue weighted by atomic mass is 10.2. The molecule has 1 fully saturated rings. The predicted molar refractivity (Wildman–Crippen MR) is 85.8 cm³/mol. The van der Waals surface area contributed by atoms with Crippen molar-refractivity contribution in [3.05, 3.63) is 5.56 Å². The minimum atomic E-state index is -0.177. The summed E-state index contributed by atoms with van der Waals surface area (Å²) in [5, 5.41) is 6.80. The van der Waals surface area contributed by atoms with Gasteiger partial charge < -0.3 is 21.1 Å². The largest absolute Gasteiger partial charge is 0.382 e. The van der Waals surface area contributed by atoms with Crippen molar-refractivity contribution in [2.75, 3.05) is 30.8 Å². The van der Waals surface area contributed by atoms with Gasteiger partial charge in [-0.2, -0.15) is 4.37 Å². The van der Waals surface area contributed by atoms with Gasteiger partial charge in [0.15, 0.2) is 5.82 Å². The summed E-state index contributed by atoms with van der Waals surface area (Å²) >= 11 is 1.22. The SMILES string of the molecule is CC(C)NC(=O)c1c(N)nsc1NCCCOCC1CC1. The minimum Gasteiger partial charge on any atom is -0.382 e. The maximum absolute atomic E-state index is 12.1. The standard InChI is InChI=1S/C14H24N4O2S/c1-9(2)17-13(19)11-12(15)18-21-14(11)16-6-3-7-20-8-10-4-5-10/h9-10,16H,3-8H2,1-2H3,(H2,15,18)(H,17,19). The zero-order valence-corrected chi connectivity index (χ0v) is 13.5. The molecule has 1 aliphatic rings. The number of aromatic nitrogens is 1. The first-order valence-corrected chi connectivity index (χ1v) is 8.23. The first kappa shape index (κ1) is 16.0. The Kier molecular flexibility index (Phi) is 5.81. The number of ether oxygens (including phenoxy) is 1. The Hall–Kier alpha value is -1.34. The van der Waals surface area contributed by atoms with Gasteiger partial charge >= 0.3 is 0 Å². The fraction of sp³-hybridized carbons (Fsp3) is 0.714. The van der Waals surface area contributed by atoms with E-state index in [1.807, 2.05) is 13.8 Å². The molecule has 1 amide bonds. The lowest BCUT2D eigenvalue weighted by Gasteiger charge is -2.10. The lowest BCUT2D eigenvalue weighted by Crippen LogP contribution is -2.30. The van der Waals surface area contributed by atoms with E-state index in [1.54, 1.807) is 0 Å². The molecule has 0 unspecified atom stereocenters. The third kappa shape index (κ3) is 5.17. The van der Waals surface area contributed by atoms with Crippen LogP contribution in [0.15, 0.2) is 0 Å². The highest BCUT2D eigenvalue weighted by Crippen LogP contribution is 2.29. The van der Waals surface area contributed by atoms with Crippen LogP contribution in [0.4, 0.5) is 10.8 Å². The summed E-state index contributed by atoms with van der Waals surface area (Å²) in [6, 6.07) is 0.0699. The minimum absolute atomic E-state index is 0.0699. The summed E-state index contributed by atoms with van der Waals surface area (Å²) in [6.07, 6.45) is 3.52. The summed E-state index contributed by atoms with van der Waals surface area (Å²) < 4.78 is 9.63. The van der Waals surface area contributed by atoms with E-state index >= 15 is 0 Å². The van der Waals surface area contributed by atoms with Crippen LogP contribution in [0.2, 0.25) is 0 Å². The highest BCUT2D eigenvalue weighted by molar-refractivity contribution is 7.11. The Morgan fingerprint density at radius 3 is 2.95 bits per heavy atom. The molecule has 0 spiro atoms. The van der Waals surface area contributed by atoms with Crippen molar-refractivity contribution >= 4 is 28.3 Å². The van der Waals surface area contributed by atoms with Crippen LogP contribution < -0.4 is 16.4 Å². The molecule has 0 atom stereocenters. The van der Waals surface area contributed by atoms with Gasteiger partial charge in [0, 0.05) is 25.8 Å². The van der Waals surface area contributed by atoms with Crippen molar-refractivity contribution in [1.82, 2.24) is 9.69 Å². The molecule has 6 nitrogen and oxygen atoms in total. The quantitative estimate of drug-likeness (QED) is 0.608. The molecule has 7 heteroatoms. The maximum Gasteiger partial charge on any atom is 0.258 e. The number of anilines is 2. The predicted octanol–water partition coefficient (Wildman–Crippen LogP) is 2.09. The Morgan fingerprint density at radius 1 is 1.52 bits per heavy atom. The molecule has 1 aliphatic carbocycles. The normalized spacial score (nSPS) is 14.4. The smallest absolute Gasteiger partial charge is 0.258 e. The number of nitrogen functional groups attached to an aromatic ring is 1. The lowest BCUT2D eigenvalue weighted by molar-refractivity contribution is 0.0945. The number of hydrogen-bond acceptors (Lipinski definition) is 6. The summed E-state index contributed by atoms with van der Waals surface area (Å²) in [6.45, 7) is 6.20. The Bertz CT molecular complexity index is 472. The van der Waals surface area contributed by atoms with Gasteiger partial charge in [0.25, 0.3) is 5.91 Å². The molecule has 0 bridgehead atoms. The van der Waals surface area contributed by atoms with E-state index in [2.05, 4.69) is 15.0 Å². The van der Waals surface area contributed by atoms with Gasteiger partial charge in [-0.05, 0) is 50.6 Å². The van der Waals surface area contributed by atoms with E-state index in [4.69, 9.17) is 10.5 Å². The molecule has 21 heavy (non-hydrogen) atoms. The molecular formula is C14H24N4O2S. The van der Waals surface area contributed by atoms with Crippen LogP contribution in [-0.2, 0) is 4.74 Å². The van der Waals surface area contributed by atoms with Crippen molar-refractivity contribution in [2.24, 2.45) is 5.92 Å². The number of nitrogens with one attached hydrogen (secondary N) is 2. The first-order chi connectivity index (χ1) is 10.1. The van der Waals surface area contributed by atoms with Gasteiger partial charge in [-0.1, -0.05) is 0 Å². The van der Waals surface area contributed by atoms with Crippen molar-refractivity contribution in [1.29, 1.82) is 0 Å². The first-order valence-electron chi connectivity index (χ1n) is 7.45. The second-order valence-electron chi connectivity index (χ2n) is 5.70. The topological polar surface area (TPSA) is 89.3 Å². The molecule has 1 aromatic rings. The molecule has 2 rings (SSSR count). The summed E-state index contributed by atoms with van der Waals surface area (Å²) in [5.74, 6) is 0.903. The van der Waals surface area contributed by atoms with E-state index in [-0.39, 0.29) is 17.8 Å². The van der Waals surface area contributed by atoms with Crippen molar-refractivity contribution in [3.63, 3.8) is 0 Å². The molecular weight excluding hydrogens is 288 g/mol. The van der Waals surface area contributed by atoms with Crippen LogP contribution in [0.25, 0.3) is 0 Å². The number of carbonyl (C=O) groups is 1. The van der Waals surface area contributed by atoms with E-state index in [9.17, 15) is 4.79 Å². The van der Waals surface area contributed by atoms with Gasteiger partial charge in [-0.3, -0.25) is 4.79 Å². The second kappa shape index (κ2) is 7.61. The van der Waals surface area contributed by atoms with Crippen LogP contribution in [0, 0.1) is 5.92 Å². The van der Waals surface area contributed by atoms with Gasteiger partial charge in [0.05, 0.1) is 0 Å². The van der Waals surface area contributed by atoms with E-state index < -0.39 is 0 Å². The average molecular weight is 312 g/mol. The molecule has 4 N–H and O–H groups in total. The monoisotopic (exact) mass is 312 g/mol. The van der Waals surface area contributed by atoms with Gasteiger partial charge in [-0.15, -0.1) is 0 Å². The molecule has 1 heterocycles. The maximum atomic E-state index is 12.1. The van der Waals surface area contributed by atoms with Gasteiger partial charge in [0.2, 0.25) is 0 Å². The summed E-state index contributed by atoms with van der Waals surface area (Å²) in [4.78, 5) is 12.1. The highest BCUT2D eigenvalue weighted by atomic mass is 32.1. The van der Waals surface area contributed by atoms with Crippen molar-refractivity contribution in [3.8, 4) is 0 Å². The number of nitrogens with zero attached hydrogens (tertiary/aromatic N) is 1. The van der Waals surface area contributed by atoms with Crippen LogP contribution in [0.5, 0.6) is 0 Å². The Balaban J connectivity index is 1.75. The number of rotatable bonds is 9. The van der Waals surface area contributed by atoms with Gasteiger partial charge in [0.1, 0.15) is 10.6 Å². The number of hydrogen-bond donors (Lipinski definition) is 3. The van der Waals surface area contributed by atoms with Crippen LogP contribution in [0.3, 0.4) is 0 Å². The number of nitrogens with two attached hydrogens (primary N) is 1. The van der Waals surface area contributed by atoms with Crippen LogP contribution in [-0.4, -0.2) is 36.1 Å². The molecule has 1 aromatic heterocycles. The summed E-state index contributed by atoms with van der Waals surface area (Å²) in [5.41, 5.74) is 6.24. The second-order valence-corrected chi connectivity index (χ2v) is 6.47. The molecule has 0 saturated heterocycles. The molecule has 0 aromatic carbocycles. The van der Waals surface area contributed by atoms with E-state index in [0.29, 0.717) is 5.56 Å². The fourth-order valence-electron chi connectivity index (χ4n) is 1.89. The molecule has 0 radical (unpaired) electrons. The van der Waals surface area contributed by atoms with Crippen molar-refractivity contribution < 1.29 is 9.53 Å². The van der Waals surface area contributed by atoms with Crippen molar-refractivity contribution in [2.45, 2.75) is 39.2 Å². The zero-order valence-electron chi connectivity index (χ0n) is 12.6. The average Bonchev–Trinajstić information content (AvgIpc) is 3.16. The molecule has 0 aliphatic heterocycles. The summed E-state index contributed by atoms with van der Waals surface area (Å²) in [7, 11) is 0. The Morgan fingerprint density at radius 2 is 2.29 bits per heavy atom. The van der Waals surface area contributed by atoms with E-state index in [1.165, 1.54) is 24.4 Å². The molecule has 1 saturated carbocycles.